The SMILES string of the molecule is Cc1ccn2ncnc(Oc3ccc(NC(=O)c4ccccc4)cc3F)c12. The summed E-state index contributed by atoms with van der Waals surface area (Å²) in [5, 5.41) is 6.75. The molecule has 1 N–H and O–H groups in total. The summed E-state index contributed by atoms with van der Waals surface area (Å²) in [7, 11) is 0. The molecular formula is C20H15FN4O2. The van der Waals surface area contributed by atoms with Crippen LogP contribution in [-0.2, 0) is 0 Å². The van der Waals surface area contributed by atoms with Gasteiger partial charge >= 0.3 is 0 Å². The van der Waals surface area contributed by atoms with Gasteiger partial charge in [0.25, 0.3) is 5.91 Å². The molecule has 1 amide bonds. The van der Waals surface area contributed by atoms with Crippen molar-refractivity contribution in [2.75, 3.05) is 5.32 Å². The lowest BCUT2D eigenvalue weighted by Gasteiger charge is -2.10. The van der Waals surface area contributed by atoms with Gasteiger partial charge in [-0.2, -0.15) is 10.1 Å². The fourth-order valence-corrected chi connectivity index (χ4v) is 2.71. The normalized spacial score (nSPS) is 10.7. The number of hydrogen-bond acceptors (Lipinski definition) is 4. The van der Waals surface area contributed by atoms with Crippen molar-refractivity contribution in [1.29, 1.82) is 0 Å². The topological polar surface area (TPSA) is 68.5 Å². The maximum Gasteiger partial charge on any atom is 0.255 e. The number of amides is 1. The van der Waals surface area contributed by atoms with Crippen molar-refractivity contribution < 1.29 is 13.9 Å². The Morgan fingerprint density at radius 1 is 1.15 bits per heavy atom. The number of rotatable bonds is 4. The van der Waals surface area contributed by atoms with Crippen molar-refractivity contribution in [3.63, 3.8) is 0 Å². The third kappa shape index (κ3) is 3.35. The minimum absolute atomic E-state index is 0.00825. The first-order valence-corrected chi connectivity index (χ1v) is 8.24. The minimum atomic E-state index is -0.609. The molecule has 4 rings (SSSR count). The highest BCUT2D eigenvalue weighted by molar-refractivity contribution is 6.04. The Balaban J connectivity index is 1.57. The molecule has 2 aromatic heterocycles. The van der Waals surface area contributed by atoms with Crippen molar-refractivity contribution in [2.24, 2.45) is 0 Å². The van der Waals surface area contributed by atoms with E-state index in [0.717, 1.165) is 5.56 Å². The molecule has 0 fully saturated rings. The molecule has 0 aliphatic carbocycles. The number of carbonyl (C=O) groups is 1. The van der Waals surface area contributed by atoms with Crippen LogP contribution in [0.3, 0.4) is 0 Å². The lowest BCUT2D eigenvalue weighted by Crippen LogP contribution is -2.11. The van der Waals surface area contributed by atoms with Crippen LogP contribution in [0.4, 0.5) is 10.1 Å². The summed E-state index contributed by atoms with van der Waals surface area (Å²) in [5.41, 5.74) is 2.40. The third-order valence-electron chi connectivity index (χ3n) is 4.05. The third-order valence-corrected chi connectivity index (χ3v) is 4.05. The van der Waals surface area contributed by atoms with E-state index in [4.69, 9.17) is 4.74 Å². The first kappa shape index (κ1) is 16.7. The van der Waals surface area contributed by atoms with Gasteiger partial charge < -0.3 is 10.1 Å². The van der Waals surface area contributed by atoms with Crippen LogP contribution in [0.15, 0.2) is 67.1 Å². The number of fused-ring (bicyclic) bond motifs is 1. The standard InChI is InChI=1S/C20H15FN4O2/c1-13-9-10-25-18(13)20(22-12-23-25)27-17-8-7-15(11-16(17)21)24-19(26)14-5-3-2-4-6-14/h2-12H,1H3,(H,24,26). The van der Waals surface area contributed by atoms with E-state index >= 15 is 0 Å². The molecule has 2 aromatic carbocycles. The molecular weight excluding hydrogens is 347 g/mol. The van der Waals surface area contributed by atoms with E-state index in [1.807, 2.05) is 19.1 Å². The number of carbonyl (C=O) groups excluding carboxylic acids is 1. The van der Waals surface area contributed by atoms with Gasteiger partial charge in [0.2, 0.25) is 5.88 Å². The molecule has 0 spiro atoms. The van der Waals surface area contributed by atoms with Crippen molar-refractivity contribution >= 4 is 17.1 Å². The fourth-order valence-electron chi connectivity index (χ4n) is 2.71. The number of benzene rings is 2. The Morgan fingerprint density at radius 3 is 2.74 bits per heavy atom. The molecule has 0 aliphatic heterocycles. The second-order valence-corrected chi connectivity index (χ2v) is 5.92. The van der Waals surface area contributed by atoms with Crippen molar-refractivity contribution in [1.82, 2.24) is 14.6 Å². The predicted molar refractivity (Wildman–Crippen MR) is 98.6 cm³/mol. The number of halogens is 1. The van der Waals surface area contributed by atoms with Crippen molar-refractivity contribution in [3.8, 4) is 11.6 Å². The van der Waals surface area contributed by atoms with Gasteiger partial charge in [-0.05, 0) is 42.8 Å². The van der Waals surface area contributed by atoms with Crippen LogP contribution >= 0.6 is 0 Å². The molecule has 134 valence electrons. The Labute approximate surface area is 154 Å². The number of nitrogens with zero attached hydrogens (tertiary/aromatic N) is 3. The summed E-state index contributed by atoms with van der Waals surface area (Å²) in [6.07, 6.45) is 3.12. The zero-order chi connectivity index (χ0) is 18.8. The van der Waals surface area contributed by atoms with Crippen LogP contribution < -0.4 is 10.1 Å². The van der Waals surface area contributed by atoms with Crippen LogP contribution in [0.2, 0.25) is 0 Å². The molecule has 27 heavy (non-hydrogen) atoms. The maximum atomic E-state index is 14.5. The summed E-state index contributed by atoms with van der Waals surface area (Å²) < 4.78 is 21.8. The monoisotopic (exact) mass is 362 g/mol. The fraction of sp³-hybridized carbons (Fsp3) is 0.0500. The van der Waals surface area contributed by atoms with Crippen LogP contribution in [0.1, 0.15) is 15.9 Å². The Kier molecular flexibility index (Phi) is 4.25. The second-order valence-electron chi connectivity index (χ2n) is 5.92. The molecule has 4 aromatic rings. The summed E-state index contributed by atoms with van der Waals surface area (Å²) in [4.78, 5) is 16.3. The largest absolute Gasteiger partial charge is 0.434 e. The Hall–Kier alpha value is -3.74. The molecule has 0 radical (unpaired) electrons. The van der Waals surface area contributed by atoms with E-state index in [2.05, 4.69) is 15.4 Å². The number of hydrogen-bond donors (Lipinski definition) is 1. The number of aryl methyl sites for hydroxylation is 1. The summed E-state index contributed by atoms with van der Waals surface area (Å²) in [6, 6.07) is 14.8. The van der Waals surface area contributed by atoms with Gasteiger partial charge in [0.05, 0.1) is 0 Å². The maximum absolute atomic E-state index is 14.5. The highest BCUT2D eigenvalue weighted by Gasteiger charge is 2.13. The molecule has 0 atom stereocenters. The van der Waals surface area contributed by atoms with Crippen LogP contribution in [0, 0.1) is 12.7 Å². The smallest absolute Gasteiger partial charge is 0.255 e. The number of anilines is 1. The molecule has 6 nitrogen and oxygen atoms in total. The highest BCUT2D eigenvalue weighted by Crippen LogP contribution is 2.29. The number of nitrogens with one attached hydrogen (secondary N) is 1. The van der Waals surface area contributed by atoms with E-state index in [-0.39, 0.29) is 17.5 Å². The summed E-state index contributed by atoms with van der Waals surface area (Å²) in [6.45, 7) is 1.89. The van der Waals surface area contributed by atoms with Gasteiger partial charge in [0.1, 0.15) is 11.8 Å². The zero-order valence-electron chi connectivity index (χ0n) is 14.4. The van der Waals surface area contributed by atoms with Crippen LogP contribution in [0.5, 0.6) is 11.6 Å². The van der Waals surface area contributed by atoms with Crippen molar-refractivity contribution in [3.05, 3.63) is 84.1 Å². The van der Waals surface area contributed by atoms with E-state index in [0.29, 0.717) is 16.8 Å². The van der Waals surface area contributed by atoms with E-state index in [9.17, 15) is 9.18 Å². The summed E-state index contributed by atoms with van der Waals surface area (Å²) in [5.74, 6) is -0.659. The molecule has 0 aliphatic rings. The second kappa shape index (κ2) is 6.87. The van der Waals surface area contributed by atoms with Gasteiger partial charge in [-0.1, -0.05) is 18.2 Å². The minimum Gasteiger partial charge on any atom is -0.434 e. The van der Waals surface area contributed by atoms with E-state index in [1.54, 1.807) is 41.0 Å². The van der Waals surface area contributed by atoms with Gasteiger partial charge in [0.15, 0.2) is 11.6 Å². The van der Waals surface area contributed by atoms with Crippen molar-refractivity contribution in [2.45, 2.75) is 6.92 Å². The molecule has 0 bridgehead atoms. The molecule has 0 saturated carbocycles. The first-order valence-electron chi connectivity index (χ1n) is 8.24. The Morgan fingerprint density at radius 2 is 1.96 bits per heavy atom. The lowest BCUT2D eigenvalue weighted by atomic mass is 10.2. The highest BCUT2D eigenvalue weighted by atomic mass is 19.1. The van der Waals surface area contributed by atoms with E-state index in [1.165, 1.54) is 18.5 Å². The zero-order valence-corrected chi connectivity index (χ0v) is 14.4. The molecule has 2 heterocycles. The molecule has 0 unspecified atom stereocenters. The van der Waals surface area contributed by atoms with Crippen LogP contribution in [0.25, 0.3) is 5.52 Å². The van der Waals surface area contributed by atoms with Gasteiger partial charge in [-0.15, -0.1) is 0 Å². The van der Waals surface area contributed by atoms with Gasteiger partial charge in [-0.25, -0.2) is 8.91 Å². The van der Waals surface area contributed by atoms with E-state index < -0.39 is 5.82 Å². The number of ether oxygens (including phenoxy) is 1. The number of aromatic nitrogens is 3. The van der Waals surface area contributed by atoms with Crippen LogP contribution in [-0.4, -0.2) is 20.5 Å². The predicted octanol–water partition coefficient (Wildman–Crippen LogP) is 4.22. The summed E-state index contributed by atoms with van der Waals surface area (Å²) >= 11 is 0. The van der Waals surface area contributed by atoms with Gasteiger partial charge in [-0.3, -0.25) is 4.79 Å². The average Bonchev–Trinajstić information content (AvgIpc) is 3.07. The quantitative estimate of drug-likeness (QED) is 0.590. The lowest BCUT2D eigenvalue weighted by molar-refractivity contribution is 0.102. The Bertz CT molecular complexity index is 1130. The molecule has 7 heteroatoms. The van der Waals surface area contributed by atoms with Gasteiger partial charge in [0, 0.05) is 23.5 Å². The molecule has 0 saturated heterocycles. The first-order chi connectivity index (χ1) is 13.1. The average molecular weight is 362 g/mol.